The number of hydrogen-bond acceptors (Lipinski definition) is 3. The van der Waals surface area contributed by atoms with Crippen LogP contribution in [0, 0.1) is 6.92 Å². The number of rotatable bonds is 8. The average molecular weight is 278 g/mol. The molecule has 0 aliphatic carbocycles. The Kier molecular flexibility index (Phi) is 8.38. The van der Waals surface area contributed by atoms with Gasteiger partial charge in [0.2, 0.25) is 0 Å². The third kappa shape index (κ3) is 7.09. The van der Waals surface area contributed by atoms with Crippen LogP contribution >= 0.6 is 0 Å². The van der Waals surface area contributed by atoms with Crippen molar-refractivity contribution in [1.82, 2.24) is 15.6 Å². The van der Waals surface area contributed by atoms with Crippen molar-refractivity contribution in [3.05, 3.63) is 29.6 Å². The maximum absolute atomic E-state index is 5.31. The van der Waals surface area contributed by atoms with Crippen molar-refractivity contribution in [2.24, 2.45) is 4.99 Å². The van der Waals surface area contributed by atoms with Crippen LogP contribution in [0.2, 0.25) is 0 Å². The van der Waals surface area contributed by atoms with Crippen LogP contribution < -0.4 is 10.6 Å². The lowest BCUT2D eigenvalue weighted by molar-refractivity contribution is 0.145. The van der Waals surface area contributed by atoms with E-state index in [0.717, 1.165) is 50.1 Å². The van der Waals surface area contributed by atoms with E-state index in [0.29, 0.717) is 6.54 Å². The van der Waals surface area contributed by atoms with E-state index in [1.807, 2.05) is 32.0 Å². The third-order valence-corrected chi connectivity index (χ3v) is 2.65. The Bertz CT molecular complexity index is 407. The number of guanidine groups is 1. The highest BCUT2D eigenvalue weighted by Gasteiger charge is 1.98. The molecule has 0 aliphatic rings. The summed E-state index contributed by atoms with van der Waals surface area (Å²) in [6, 6.07) is 6.00. The summed E-state index contributed by atoms with van der Waals surface area (Å²) < 4.78 is 5.31. The molecule has 1 heterocycles. The molecule has 112 valence electrons. The number of aliphatic imine (C=N–C) groups is 1. The van der Waals surface area contributed by atoms with Gasteiger partial charge in [0.15, 0.2) is 5.96 Å². The van der Waals surface area contributed by atoms with Gasteiger partial charge in [-0.1, -0.05) is 6.07 Å². The Hall–Kier alpha value is -1.62. The maximum Gasteiger partial charge on any atom is 0.191 e. The Labute approximate surface area is 121 Å². The molecule has 0 atom stereocenters. The van der Waals surface area contributed by atoms with Gasteiger partial charge in [-0.15, -0.1) is 0 Å². The smallest absolute Gasteiger partial charge is 0.191 e. The molecule has 0 bridgehead atoms. The van der Waals surface area contributed by atoms with E-state index in [-0.39, 0.29) is 0 Å². The van der Waals surface area contributed by atoms with E-state index in [1.165, 1.54) is 0 Å². The van der Waals surface area contributed by atoms with Gasteiger partial charge in [-0.25, -0.2) is 4.99 Å². The zero-order valence-corrected chi connectivity index (χ0v) is 12.8. The molecule has 0 unspecified atom stereocenters. The summed E-state index contributed by atoms with van der Waals surface area (Å²) in [5.41, 5.74) is 2.00. The first-order valence-electron chi connectivity index (χ1n) is 7.28. The van der Waals surface area contributed by atoms with Crippen LogP contribution in [-0.2, 0) is 11.3 Å². The SMILES string of the molecule is CCNC(=NCc1cccc(C)n1)NCCCOCC. The molecular weight excluding hydrogens is 252 g/mol. The molecule has 2 N–H and O–H groups in total. The number of nitrogens with zero attached hydrogens (tertiary/aromatic N) is 2. The van der Waals surface area contributed by atoms with Gasteiger partial charge in [0, 0.05) is 32.0 Å². The summed E-state index contributed by atoms with van der Waals surface area (Å²) in [5, 5.41) is 6.52. The van der Waals surface area contributed by atoms with Crippen molar-refractivity contribution in [3.8, 4) is 0 Å². The highest BCUT2D eigenvalue weighted by Crippen LogP contribution is 1.99. The molecule has 0 fully saturated rings. The second-order valence-corrected chi connectivity index (χ2v) is 4.44. The summed E-state index contributed by atoms with van der Waals surface area (Å²) in [6.45, 7) is 9.89. The van der Waals surface area contributed by atoms with Crippen LogP contribution in [0.4, 0.5) is 0 Å². The molecule has 0 saturated carbocycles. The Morgan fingerprint density at radius 1 is 1.30 bits per heavy atom. The van der Waals surface area contributed by atoms with Crippen molar-refractivity contribution in [3.63, 3.8) is 0 Å². The first-order valence-corrected chi connectivity index (χ1v) is 7.28. The van der Waals surface area contributed by atoms with Gasteiger partial charge in [0.05, 0.1) is 12.2 Å². The summed E-state index contributed by atoms with van der Waals surface area (Å²) in [4.78, 5) is 8.98. The van der Waals surface area contributed by atoms with Crippen LogP contribution in [0.1, 0.15) is 31.7 Å². The number of ether oxygens (including phenoxy) is 1. The van der Waals surface area contributed by atoms with Crippen molar-refractivity contribution in [2.45, 2.75) is 33.7 Å². The van der Waals surface area contributed by atoms with Gasteiger partial charge < -0.3 is 15.4 Å². The fourth-order valence-electron chi connectivity index (χ4n) is 1.71. The largest absolute Gasteiger partial charge is 0.382 e. The predicted octanol–water partition coefficient (Wildman–Crippen LogP) is 1.87. The monoisotopic (exact) mass is 278 g/mol. The zero-order valence-electron chi connectivity index (χ0n) is 12.8. The fraction of sp³-hybridized carbons (Fsp3) is 0.600. The van der Waals surface area contributed by atoms with Gasteiger partial charge in [-0.05, 0) is 39.3 Å². The molecule has 0 radical (unpaired) electrons. The Morgan fingerprint density at radius 3 is 2.85 bits per heavy atom. The molecule has 0 spiro atoms. The van der Waals surface area contributed by atoms with Gasteiger partial charge in [-0.3, -0.25) is 4.98 Å². The summed E-state index contributed by atoms with van der Waals surface area (Å²) in [7, 11) is 0. The number of nitrogens with one attached hydrogen (secondary N) is 2. The van der Waals surface area contributed by atoms with E-state index >= 15 is 0 Å². The molecule has 0 saturated heterocycles. The van der Waals surface area contributed by atoms with Crippen molar-refractivity contribution in [2.75, 3.05) is 26.3 Å². The van der Waals surface area contributed by atoms with Gasteiger partial charge in [0.1, 0.15) is 0 Å². The summed E-state index contributed by atoms with van der Waals surface area (Å²) in [5.74, 6) is 0.826. The minimum atomic E-state index is 0.586. The Morgan fingerprint density at radius 2 is 2.15 bits per heavy atom. The van der Waals surface area contributed by atoms with Crippen LogP contribution in [0.15, 0.2) is 23.2 Å². The first kappa shape index (κ1) is 16.4. The normalized spacial score (nSPS) is 11.4. The van der Waals surface area contributed by atoms with Crippen LogP contribution in [0.5, 0.6) is 0 Å². The van der Waals surface area contributed by atoms with Crippen LogP contribution in [0.25, 0.3) is 0 Å². The highest BCUT2D eigenvalue weighted by molar-refractivity contribution is 5.79. The number of hydrogen-bond donors (Lipinski definition) is 2. The second-order valence-electron chi connectivity index (χ2n) is 4.44. The lowest BCUT2D eigenvalue weighted by atomic mass is 10.3. The maximum atomic E-state index is 5.31. The molecule has 0 amide bonds. The molecule has 0 aliphatic heterocycles. The standard InChI is InChI=1S/C15H26N4O/c1-4-16-15(17-10-7-11-20-5-2)18-12-14-9-6-8-13(3)19-14/h6,8-9H,4-5,7,10-12H2,1-3H3,(H2,16,17,18). The molecule has 0 aromatic carbocycles. The zero-order chi connectivity index (χ0) is 14.6. The molecule has 1 aromatic rings. The number of aromatic nitrogens is 1. The number of aryl methyl sites for hydroxylation is 1. The van der Waals surface area contributed by atoms with Crippen molar-refractivity contribution < 1.29 is 4.74 Å². The summed E-state index contributed by atoms with van der Waals surface area (Å²) >= 11 is 0. The average Bonchev–Trinajstić information content (AvgIpc) is 2.44. The lowest BCUT2D eigenvalue weighted by Gasteiger charge is -2.11. The minimum absolute atomic E-state index is 0.586. The van der Waals surface area contributed by atoms with E-state index in [1.54, 1.807) is 0 Å². The second kappa shape index (κ2) is 10.2. The molecule has 1 rings (SSSR count). The topological polar surface area (TPSA) is 58.5 Å². The van der Waals surface area contributed by atoms with E-state index in [2.05, 4.69) is 27.5 Å². The molecule has 5 heteroatoms. The quantitative estimate of drug-likeness (QED) is 0.433. The third-order valence-electron chi connectivity index (χ3n) is 2.65. The fourth-order valence-corrected chi connectivity index (χ4v) is 1.71. The first-order chi connectivity index (χ1) is 9.76. The molecule has 20 heavy (non-hydrogen) atoms. The van der Waals surface area contributed by atoms with Crippen LogP contribution in [0.3, 0.4) is 0 Å². The molecular formula is C15H26N4O. The van der Waals surface area contributed by atoms with Gasteiger partial charge >= 0.3 is 0 Å². The van der Waals surface area contributed by atoms with E-state index < -0.39 is 0 Å². The predicted molar refractivity (Wildman–Crippen MR) is 82.9 cm³/mol. The molecule has 5 nitrogen and oxygen atoms in total. The van der Waals surface area contributed by atoms with Crippen molar-refractivity contribution in [1.29, 1.82) is 0 Å². The summed E-state index contributed by atoms with van der Waals surface area (Å²) in [6.07, 6.45) is 0.973. The highest BCUT2D eigenvalue weighted by atomic mass is 16.5. The van der Waals surface area contributed by atoms with Crippen molar-refractivity contribution >= 4 is 5.96 Å². The lowest BCUT2D eigenvalue weighted by Crippen LogP contribution is -2.38. The van der Waals surface area contributed by atoms with Gasteiger partial charge in [0.25, 0.3) is 0 Å². The number of pyridine rings is 1. The van der Waals surface area contributed by atoms with Gasteiger partial charge in [-0.2, -0.15) is 0 Å². The minimum Gasteiger partial charge on any atom is -0.382 e. The van der Waals surface area contributed by atoms with Crippen LogP contribution in [-0.4, -0.2) is 37.2 Å². The van der Waals surface area contributed by atoms with E-state index in [9.17, 15) is 0 Å². The Balaban J connectivity index is 2.41. The molecule has 1 aromatic heterocycles. The van der Waals surface area contributed by atoms with E-state index in [4.69, 9.17) is 4.74 Å².